The minimum atomic E-state index is -0.642. The smallest absolute Gasteiger partial charge is 0.230 e. The van der Waals surface area contributed by atoms with Crippen molar-refractivity contribution in [3.8, 4) is 0 Å². The first-order valence-electron chi connectivity index (χ1n) is 5.09. The maximum Gasteiger partial charge on any atom is 0.230 e. The van der Waals surface area contributed by atoms with E-state index in [0.29, 0.717) is 0 Å². The third-order valence-electron chi connectivity index (χ3n) is 3.17. The number of carbonyl (C=O) groups is 1. The van der Waals surface area contributed by atoms with Gasteiger partial charge in [0.05, 0.1) is 10.8 Å². The summed E-state index contributed by atoms with van der Waals surface area (Å²) in [6.45, 7) is 1.81. The highest BCUT2D eigenvalue weighted by Crippen LogP contribution is 2.41. The Kier molecular flexibility index (Phi) is 3.19. The maximum atomic E-state index is 11.3. The molecule has 0 aromatic rings. The topological polar surface area (TPSA) is 29.1 Å². The molecule has 3 atom stereocenters. The van der Waals surface area contributed by atoms with Crippen molar-refractivity contribution in [3.05, 3.63) is 24.3 Å². The number of nitrogens with one attached hydrogen (secondary N) is 1. The van der Waals surface area contributed by atoms with Gasteiger partial charge < -0.3 is 5.32 Å². The highest BCUT2D eigenvalue weighted by atomic mass is 35.5. The van der Waals surface area contributed by atoms with Crippen molar-refractivity contribution in [1.29, 1.82) is 0 Å². The second kappa shape index (κ2) is 4.28. The molecule has 0 radical (unpaired) electrons. The fraction of sp³-hybridized carbons (Fsp3) is 0.545. The van der Waals surface area contributed by atoms with E-state index in [1.165, 1.54) is 0 Å². The fourth-order valence-electron chi connectivity index (χ4n) is 2.30. The van der Waals surface area contributed by atoms with Gasteiger partial charge in [-0.1, -0.05) is 24.3 Å². The summed E-state index contributed by atoms with van der Waals surface area (Å²) in [4.78, 5) is 10.7. The van der Waals surface area contributed by atoms with Crippen LogP contribution in [0.4, 0.5) is 0 Å². The molecule has 2 rings (SSSR count). The van der Waals surface area contributed by atoms with Crippen molar-refractivity contribution in [3.63, 3.8) is 0 Å². The van der Waals surface area contributed by atoms with Crippen LogP contribution in [0.15, 0.2) is 24.3 Å². The average Bonchev–Trinajstić information content (AvgIpc) is 2.71. The van der Waals surface area contributed by atoms with Crippen LogP contribution in [0.1, 0.15) is 6.42 Å². The van der Waals surface area contributed by atoms with Gasteiger partial charge >= 0.3 is 0 Å². The molecule has 0 amide bonds. The number of carbonyl (C=O) groups excluding carboxylic acids is 1. The number of rotatable bonds is 2. The molecule has 1 aliphatic carbocycles. The summed E-state index contributed by atoms with van der Waals surface area (Å²) in [6.07, 6.45) is 8.40. The minimum absolute atomic E-state index is 0.271. The summed E-state index contributed by atoms with van der Waals surface area (Å²) in [5, 5.41) is 2.88. The zero-order valence-corrected chi connectivity index (χ0v) is 9.76. The zero-order chi connectivity index (χ0) is 10.9. The quantitative estimate of drug-likeness (QED) is 0.597. The van der Waals surface area contributed by atoms with Crippen LogP contribution < -0.4 is 5.32 Å². The molecular weight excluding hydrogens is 233 g/mol. The molecule has 1 saturated heterocycles. The van der Waals surface area contributed by atoms with Crippen molar-refractivity contribution in [1.82, 2.24) is 5.32 Å². The number of hydrogen-bond donors (Lipinski definition) is 1. The predicted octanol–water partition coefficient (Wildman–Crippen LogP) is 2.08. The highest BCUT2D eigenvalue weighted by molar-refractivity contribution is 6.65. The number of halogens is 2. The van der Waals surface area contributed by atoms with E-state index in [1.54, 1.807) is 6.08 Å². The summed E-state index contributed by atoms with van der Waals surface area (Å²) in [6, 6.07) is 0. The van der Waals surface area contributed by atoms with Crippen molar-refractivity contribution >= 4 is 28.4 Å². The Morgan fingerprint density at radius 1 is 1.47 bits per heavy atom. The van der Waals surface area contributed by atoms with Crippen LogP contribution in [0, 0.1) is 11.8 Å². The normalized spacial score (nSPS) is 39.6. The SMILES string of the molecule is O=C(Cl)C1C=CC=CC1(Cl)C1CCNC1. The standard InChI is InChI=1S/C11H13Cl2NO/c12-10(15)9-3-1-2-5-11(9,13)8-4-6-14-7-8/h1-3,5,8-9,14H,4,6-7H2. The maximum absolute atomic E-state index is 11.3. The van der Waals surface area contributed by atoms with Crippen LogP contribution in [-0.2, 0) is 4.79 Å². The molecule has 1 fully saturated rings. The lowest BCUT2D eigenvalue weighted by molar-refractivity contribution is -0.114. The van der Waals surface area contributed by atoms with Crippen LogP contribution in [0.25, 0.3) is 0 Å². The van der Waals surface area contributed by atoms with Gasteiger partial charge in [0.2, 0.25) is 5.24 Å². The predicted molar refractivity (Wildman–Crippen MR) is 62.2 cm³/mol. The van der Waals surface area contributed by atoms with Gasteiger partial charge in [-0.05, 0) is 30.5 Å². The third-order valence-corrected chi connectivity index (χ3v) is 4.08. The van der Waals surface area contributed by atoms with Crippen molar-refractivity contribution in [2.45, 2.75) is 11.3 Å². The largest absolute Gasteiger partial charge is 0.316 e. The molecule has 82 valence electrons. The van der Waals surface area contributed by atoms with Gasteiger partial charge in [0, 0.05) is 6.54 Å². The second-order valence-electron chi connectivity index (χ2n) is 4.04. The Balaban J connectivity index is 2.26. The minimum Gasteiger partial charge on any atom is -0.316 e. The van der Waals surface area contributed by atoms with Gasteiger partial charge in [0.25, 0.3) is 0 Å². The van der Waals surface area contributed by atoms with Crippen LogP contribution in [0.2, 0.25) is 0 Å². The Bertz CT molecular complexity index is 321. The first-order chi connectivity index (χ1) is 7.14. The first-order valence-corrected chi connectivity index (χ1v) is 5.85. The van der Waals surface area contributed by atoms with Gasteiger partial charge in [-0.2, -0.15) is 0 Å². The van der Waals surface area contributed by atoms with E-state index in [-0.39, 0.29) is 11.2 Å². The molecular formula is C11H13Cl2NO. The van der Waals surface area contributed by atoms with Gasteiger partial charge in [-0.25, -0.2) is 0 Å². The van der Waals surface area contributed by atoms with Crippen LogP contribution in [-0.4, -0.2) is 23.2 Å². The van der Waals surface area contributed by atoms with Gasteiger partial charge in [-0.15, -0.1) is 11.6 Å². The second-order valence-corrected chi connectivity index (χ2v) is 5.07. The van der Waals surface area contributed by atoms with Crippen molar-refractivity contribution in [2.24, 2.45) is 11.8 Å². The van der Waals surface area contributed by atoms with Crippen molar-refractivity contribution < 1.29 is 4.79 Å². The lowest BCUT2D eigenvalue weighted by Gasteiger charge is -2.35. The average molecular weight is 246 g/mol. The number of allylic oxidation sites excluding steroid dienone is 4. The van der Waals surface area contributed by atoms with Gasteiger partial charge in [0.15, 0.2) is 0 Å². The lowest BCUT2D eigenvalue weighted by Crippen LogP contribution is -2.42. The van der Waals surface area contributed by atoms with E-state index >= 15 is 0 Å². The van der Waals surface area contributed by atoms with Gasteiger partial charge in [-0.3, -0.25) is 4.79 Å². The van der Waals surface area contributed by atoms with Crippen LogP contribution >= 0.6 is 23.2 Å². The van der Waals surface area contributed by atoms with Crippen LogP contribution in [0.3, 0.4) is 0 Å². The van der Waals surface area contributed by atoms with E-state index in [0.717, 1.165) is 19.5 Å². The monoisotopic (exact) mass is 245 g/mol. The molecule has 3 unspecified atom stereocenters. The van der Waals surface area contributed by atoms with E-state index in [4.69, 9.17) is 23.2 Å². The molecule has 1 N–H and O–H groups in total. The zero-order valence-electron chi connectivity index (χ0n) is 8.25. The molecule has 1 heterocycles. The van der Waals surface area contributed by atoms with E-state index < -0.39 is 10.8 Å². The summed E-state index contributed by atoms with van der Waals surface area (Å²) in [7, 11) is 0. The Hall–Kier alpha value is -0.310. The fourth-order valence-corrected chi connectivity index (χ4v) is 3.04. The van der Waals surface area contributed by atoms with E-state index in [2.05, 4.69) is 5.32 Å². The Labute approximate surface area is 99.3 Å². The Morgan fingerprint density at radius 2 is 2.27 bits per heavy atom. The summed E-state index contributed by atoms with van der Waals surface area (Å²) in [5.74, 6) is -0.135. The molecule has 0 aromatic heterocycles. The molecule has 15 heavy (non-hydrogen) atoms. The van der Waals surface area contributed by atoms with E-state index in [1.807, 2.05) is 18.2 Å². The summed E-state index contributed by atoms with van der Waals surface area (Å²) < 4.78 is 0. The van der Waals surface area contributed by atoms with Crippen molar-refractivity contribution in [2.75, 3.05) is 13.1 Å². The molecule has 2 aliphatic rings. The summed E-state index contributed by atoms with van der Waals surface area (Å²) in [5.41, 5.74) is 0. The van der Waals surface area contributed by atoms with Crippen LogP contribution in [0.5, 0.6) is 0 Å². The molecule has 2 nitrogen and oxygen atoms in total. The number of alkyl halides is 1. The summed E-state index contributed by atoms with van der Waals surface area (Å²) >= 11 is 12.1. The third kappa shape index (κ3) is 1.99. The molecule has 4 heteroatoms. The lowest BCUT2D eigenvalue weighted by atomic mass is 9.78. The van der Waals surface area contributed by atoms with E-state index in [9.17, 15) is 4.79 Å². The molecule has 0 spiro atoms. The first kappa shape index (κ1) is 11.2. The molecule has 0 aromatic carbocycles. The molecule has 1 aliphatic heterocycles. The Morgan fingerprint density at radius 3 is 2.87 bits per heavy atom. The highest BCUT2D eigenvalue weighted by Gasteiger charge is 2.45. The van der Waals surface area contributed by atoms with Gasteiger partial charge in [0.1, 0.15) is 0 Å². The molecule has 0 bridgehead atoms. The molecule has 0 saturated carbocycles. The number of hydrogen-bond acceptors (Lipinski definition) is 2.